The van der Waals surface area contributed by atoms with E-state index in [2.05, 4.69) is 23.3 Å². The summed E-state index contributed by atoms with van der Waals surface area (Å²) in [5.41, 5.74) is 3.68. The smallest absolute Gasteiger partial charge is 0.254 e. The zero-order chi connectivity index (χ0) is 22.1. The largest absolute Gasteiger partial charge is 0.493 e. The van der Waals surface area contributed by atoms with Crippen molar-refractivity contribution in [3.8, 4) is 11.5 Å². The third kappa shape index (κ3) is 4.32. The van der Waals surface area contributed by atoms with Crippen LogP contribution in [0.5, 0.6) is 11.5 Å². The van der Waals surface area contributed by atoms with Crippen LogP contribution in [0.1, 0.15) is 51.0 Å². The van der Waals surface area contributed by atoms with Gasteiger partial charge in [0.15, 0.2) is 17.3 Å². The van der Waals surface area contributed by atoms with Crippen molar-refractivity contribution in [2.45, 2.75) is 32.7 Å². The number of Topliss-reactive ketones (excluding diaryl/α,β-unsaturated/α-hetero) is 1. The molecule has 2 aromatic rings. The predicted octanol–water partition coefficient (Wildman–Crippen LogP) is 3.10. The lowest BCUT2D eigenvalue weighted by atomic mass is 10.1. The number of benzene rings is 1. The minimum Gasteiger partial charge on any atom is -0.493 e. The van der Waals surface area contributed by atoms with Crippen LogP contribution in [0, 0.1) is 13.8 Å². The van der Waals surface area contributed by atoms with Crippen LogP contribution in [0.25, 0.3) is 0 Å². The maximum Gasteiger partial charge on any atom is 0.254 e. The molecule has 7 nitrogen and oxygen atoms in total. The van der Waals surface area contributed by atoms with Gasteiger partial charge >= 0.3 is 0 Å². The summed E-state index contributed by atoms with van der Waals surface area (Å²) in [6, 6.07) is 7.83. The molecule has 0 spiro atoms. The molecule has 1 aromatic carbocycles. The van der Waals surface area contributed by atoms with Gasteiger partial charge in [0.05, 0.1) is 20.8 Å². The van der Waals surface area contributed by atoms with Crippen LogP contribution in [0.15, 0.2) is 24.3 Å². The molecule has 7 heteroatoms. The number of aryl methyl sites for hydroxylation is 1. The highest BCUT2D eigenvalue weighted by molar-refractivity contribution is 5.99. The zero-order valence-electron chi connectivity index (χ0n) is 18.8. The summed E-state index contributed by atoms with van der Waals surface area (Å²) in [6.45, 7) is 7.10. The summed E-state index contributed by atoms with van der Waals surface area (Å²) in [7, 11) is 3.13. The molecule has 166 valence electrons. The van der Waals surface area contributed by atoms with Gasteiger partial charge < -0.3 is 18.9 Å². The number of hydrogen-bond donors (Lipinski definition) is 0. The summed E-state index contributed by atoms with van der Waals surface area (Å²) >= 11 is 0. The molecule has 2 aliphatic rings. The van der Waals surface area contributed by atoms with Crippen molar-refractivity contribution in [2.24, 2.45) is 0 Å². The molecule has 1 aliphatic carbocycles. The fraction of sp³-hybridized carbons (Fsp3) is 0.500. The predicted molar refractivity (Wildman–Crippen MR) is 118 cm³/mol. The first-order valence-electron chi connectivity index (χ1n) is 10.9. The molecule has 0 unspecified atom stereocenters. The van der Waals surface area contributed by atoms with Crippen LogP contribution in [-0.4, -0.2) is 73.0 Å². The molecule has 2 fully saturated rings. The molecular formula is C24H31N3O4. The van der Waals surface area contributed by atoms with Gasteiger partial charge in [-0.25, -0.2) is 0 Å². The van der Waals surface area contributed by atoms with E-state index in [-0.39, 0.29) is 11.7 Å². The van der Waals surface area contributed by atoms with E-state index in [1.165, 1.54) is 18.5 Å². The third-order valence-electron chi connectivity index (χ3n) is 6.35. The van der Waals surface area contributed by atoms with Gasteiger partial charge in [0.2, 0.25) is 0 Å². The second-order valence-electron chi connectivity index (χ2n) is 8.45. The van der Waals surface area contributed by atoms with Gasteiger partial charge in [-0.15, -0.1) is 0 Å². The van der Waals surface area contributed by atoms with Gasteiger partial charge in [-0.05, 0) is 51.0 Å². The summed E-state index contributed by atoms with van der Waals surface area (Å²) in [4.78, 5) is 29.8. The fourth-order valence-corrected chi connectivity index (χ4v) is 4.50. The van der Waals surface area contributed by atoms with Gasteiger partial charge in [-0.3, -0.25) is 14.5 Å². The highest BCUT2D eigenvalue weighted by Crippen LogP contribution is 2.38. The maximum absolute atomic E-state index is 12.9. The Morgan fingerprint density at radius 2 is 1.65 bits per heavy atom. The number of hydrogen-bond acceptors (Lipinski definition) is 5. The van der Waals surface area contributed by atoms with Crippen LogP contribution in [-0.2, 0) is 0 Å². The monoisotopic (exact) mass is 425 g/mol. The minimum absolute atomic E-state index is 0.0279. The van der Waals surface area contributed by atoms with Crippen LogP contribution in [0.4, 0.5) is 0 Å². The Morgan fingerprint density at radius 1 is 0.968 bits per heavy atom. The number of aromatic nitrogens is 1. The molecule has 1 saturated carbocycles. The molecule has 0 atom stereocenters. The zero-order valence-corrected chi connectivity index (χ0v) is 18.8. The van der Waals surface area contributed by atoms with E-state index in [1.54, 1.807) is 32.4 Å². The number of nitrogens with zero attached hydrogens (tertiary/aromatic N) is 3. The Labute approximate surface area is 183 Å². The van der Waals surface area contributed by atoms with E-state index in [0.717, 1.165) is 11.3 Å². The van der Waals surface area contributed by atoms with Gasteiger partial charge in [0.1, 0.15) is 0 Å². The quantitative estimate of drug-likeness (QED) is 0.638. The summed E-state index contributed by atoms with van der Waals surface area (Å²) in [5, 5.41) is 0. The SMILES string of the molecule is COc1ccc(C(=O)N2CCN(CC(=O)c3cc(C)n(C4CC4)c3C)CC2)cc1OC. The normalized spacial score (nSPS) is 17.0. The minimum atomic E-state index is -0.0279. The molecular weight excluding hydrogens is 394 g/mol. The number of ether oxygens (including phenoxy) is 2. The Balaban J connectivity index is 1.35. The van der Waals surface area contributed by atoms with Crippen LogP contribution in [0.2, 0.25) is 0 Å². The first-order chi connectivity index (χ1) is 14.9. The molecule has 1 saturated heterocycles. The molecule has 0 radical (unpaired) electrons. The number of piperazine rings is 1. The number of carbonyl (C=O) groups excluding carboxylic acids is 2. The average molecular weight is 426 g/mol. The lowest BCUT2D eigenvalue weighted by Crippen LogP contribution is -2.49. The van der Waals surface area contributed by atoms with E-state index in [9.17, 15) is 9.59 Å². The van der Waals surface area contributed by atoms with Crippen LogP contribution in [0.3, 0.4) is 0 Å². The topological polar surface area (TPSA) is 64.0 Å². The standard InChI is InChI=1S/C24H31N3O4/c1-16-13-20(17(2)27(16)19-6-7-19)21(28)15-25-9-11-26(12-10-25)24(29)18-5-8-22(30-3)23(14-18)31-4/h5,8,13-14,19H,6-7,9-12,15H2,1-4H3. The van der Waals surface area contributed by atoms with Gasteiger partial charge in [0.25, 0.3) is 5.91 Å². The maximum atomic E-state index is 12.9. The van der Waals surface area contributed by atoms with Crippen LogP contribution >= 0.6 is 0 Å². The number of amides is 1. The molecule has 31 heavy (non-hydrogen) atoms. The molecule has 1 aliphatic heterocycles. The third-order valence-corrected chi connectivity index (χ3v) is 6.35. The molecule has 0 bridgehead atoms. The Kier molecular flexibility index (Phi) is 6.05. The summed E-state index contributed by atoms with van der Waals surface area (Å²) in [5.74, 6) is 1.28. The summed E-state index contributed by atoms with van der Waals surface area (Å²) < 4.78 is 12.9. The first-order valence-corrected chi connectivity index (χ1v) is 10.9. The number of ketones is 1. The van der Waals surface area contributed by atoms with E-state index < -0.39 is 0 Å². The number of rotatable bonds is 7. The van der Waals surface area contributed by atoms with Crippen molar-refractivity contribution in [1.29, 1.82) is 0 Å². The lowest BCUT2D eigenvalue weighted by molar-refractivity contribution is 0.0624. The Hall–Kier alpha value is -2.80. The lowest BCUT2D eigenvalue weighted by Gasteiger charge is -2.34. The van der Waals surface area contributed by atoms with E-state index >= 15 is 0 Å². The molecule has 1 amide bonds. The highest BCUT2D eigenvalue weighted by atomic mass is 16.5. The van der Waals surface area contributed by atoms with Crippen molar-refractivity contribution in [2.75, 3.05) is 46.9 Å². The molecule has 0 N–H and O–H groups in total. The second kappa shape index (κ2) is 8.75. The van der Waals surface area contributed by atoms with Crippen LogP contribution < -0.4 is 9.47 Å². The van der Waals surface area contributed by atoms with Gasteiger partial charge in [-0.2, -0.15) is 0 Å². The van der Waals surface area contributed by atoms with E-state index in [1.807, 2.05) is 11.0 Å². The Bertz CT molecular complexity index is 985. The van der Waals surface area contributed by atoms with Crippen molar-refractivity contribution >= 4 is 11.7 Å². The van der Waals surface area contributed by atoms with Gasteiger partial charge in [-0.1, -0.05) is 0 Å². The molecule has 2 heterocycles. The van der Waals surface area contributed by atoms with Crippen molar-refractivity contribution < 1.29 is 19.1 Å². The second-order valence-corrected chi connectivity index (χ2v) is 8.45. The summed E-state index contributed by atoms with van der Waals surface area (Å²) in [6.07, 6.45) is 2.42. The van der Waals surface area contributed by atoms with E-state index in [0.29, 0.717) is 55.8 Å². The first kappa shape index (κ1) is 21.4. The van der Waals surface area contributed by atoms with E-state index in [4.69, 9.17) is 9.47 Å². The number of carbonyl (C=O) groups is 2. The highest BCUT2D eigenvalue weighted by Gasteiger charge is 2.29. The van der Waals surface area contributed by atoms with Gasteiger partial charge in [0, 0.05) is 54.7 Å². The number of methoxy groups -OCH3 is 2. The van der Waals surface area contributed by atoms with Crippen molar-refractivity contribution in [3.63, 3.8) is 0 Å². The fourth-order valence-electron chi connectivity index (χ4n) is 4.50. The van der Waals surface area contributed by atoms with Crippen molar-refractivity contribution in [3.05, 3.63) is 46.8 Å². The average Bonchev–Trinajstić information content (AvgIpc) is 3.57. The van der Waals surface area contributed by atoms with Crippen molar-refractivity contribution in [1.82, 2.24) is 14.4 Å². The molecule has 4 rings (SSSR count). The Morgan fingerprint density at radius 3 is 2.26 bits per heavy atom. The molecule has 1 aromatic heterocycles.